The first kappa shape index (κ1) is 11.6. The van der Waals surface area contributed by atoms with E-state index in [0.29, 0.717) is 11.4 Å². The molecule has 0 spiro atoms. The van der Waals surface area contributed by atoms with Crippen molar-refractivity contribution in [1.82, 2.24) is 9.55 Å². The molecule has 0 unspecified atom stereocenters. The minimum Gasteiger partial charge on any atom is -0.459 e. The van der Waals surface area contributed by atoms with Crippen molar-refractivity contribution < 1.29 is 19.1 Å². The van der Waals surface area contributed by atoms with Gasteiger partial charge in [0.1, 0.15) is 24.2 Å². The molecule has 0 fully saturated rings. The zero-order chi connectivity index (χ0) is 12.4. The van der Waals surface area contributed by atoms with Crippen molar-refractivity contribution in [1.29, 1.82) is 0 Å². The number of nitrogens with zero attached hydrogens (tertiary/aromatic N) is 3. The predicted octanol–water partition coefficient (Wildman–Crippen LogP) is 0.519. The van der Waals surface area contributed by atoms with Gasteiger partial charge in [0.05, 0.1) is 12.9 Å². The van der Waals surface area contributed by atoms with Crippen LogP contribution in [0.25, 0.3) is 0 Å². The normalized spacial score (nSPS) is 19.2. The first-order valence-electron chi connectivity index (χ1n) is 5.14. The monoisotopic (exact) mass is 241 g/mol. The molecule has 2 rings (SSSR count). The Hall–Kier alpha value is -1.92. The Morgan fingerprint density at radius 1 is 1.82 bits per heavy atom. The zero-order valence-electron chi connectivity index (χ0n) is 9.26. The van der Waals surface area contributed by atoms with Gasteiger partial charge in [0.15, 0.2) is 0 Å². The summed E-state index contributed by atoms with van der Waals surface area (Å²) < 4.78 is 19.6. The molecule has 0 aliphatic carbocycles. The Labute approximate surface area is 96.7 Å². The molecule has 1 aliphatic rings. The van der Waals surface area contributed by atoms with Crippen LogP contribution in [0.4, 0.5) is 4.39 Å². The quantitative estimate of drug-likeness (QED) is 0.362. The number of fused-ring (bicyclic) bond motifs is 1. The number of ether oxygens (including phenoxy) is 1. The number of hydrogen-bond donors (Lipinski definition) is 1. The molecule has 1 aliphatic heterocycles. The topological polar surface area (TPSA) is 76.7 Å². The summed E-state index contributed by atoms with van der Waals surface area (Å²) in [5.74, 6) is -0.481. The molecular weight excluding hydrogens is 229 g/mol. The molecule has 6 nitrogen and oxygen atoms in total. The number of imidazole rings is 1. The van der Waals surface area contributed by atoms with Crippen molar-refractivity contribution >= 4 is 11.7 Å². The van der Waals surface area contributed by atoms with Gasteiger partial charge in [-0.3, -0.25) is 4.79 Å². The van der Waals surface area contributed by atoms with Crippen molar-refractivity contribution in [3.63, 3.8) is 0 Å². The Morgan fingerprint density at radius 3 is 3.24 bits per heavy atom. The van der Waals surface area contributed by atoms with Crippen molar-refractivity contribution in [2.75, 3.05) is 6.61 Å². The van der Waals surface area contributed by atoms with E-state index in [1.807, 2.05) is 0 Å². The van der Waals surface area contributed by atoms with Crippen LogP contribution in [-0.4, -0.2) is 39.2 Å². The van der Waals surface area contributed by atoms with E-state index < -0.39 is 12.1 Å². The van der Waals surface area contributed by atoms with Crippen LogP contribution in [0.15, 0.2) is 11.5 Å². The van der Waals surface area contributed by atoms with Crippen LogP contribution in [0.2, 0.25) is 0 Å². The SMILES string of the molecule is CC(=O)OCC(=NO)c1ncn2c1C[C@@H](F)C2. The molecule has 1 N–H and O–H groups in total. The smallest absolute Gasteiger partial charge is 0.303 e. The van der Waals surface area contributed by atoms with Gasteiger partial charge in [0, 0.05) is 19.0 Å². The van der Waals surface area contributed by atoms with E-state index in [2.05, 4.69) is 10.1 Å². The third-order valence-corrected chi connectivity index (χ3v) is 2.56. The van der Waals surface area contributed by atoms with E-state index in [1.54, 1.807) is 4.57 Å². The lowest BCUT2D eigenvalue weighted by atomic mass is 10.2. The Bertz CT molecular complexity index is 469. The van der Waals surface area contributed by atoms with Gasteiger partial charge in [0.25, 0.3) is 0 Å². The Kier molecular flexibility index (Phi) is 3.08. The number of carbonyl (C=O) groups is 1. The zero-order valence-corrected chi connectivity index (χ0v) is 9.26. The highest BCUT2D eigenvalue weighted by Crippen LogP contribution is 2.21. The highest BCUT2D eigenvalue weighted by Gasteiger charge is 2.27. The molecule has 0 saturated heterocycles. The number of halogens is 1. The lowest BCUT2D eigenvalue weighted by Gasteiger charge is -2.03. The Morgan fingerprint density at radius 2 is 2.59 bits per heavy atom. The average molecular weight is 241 g/mol. The van der Waals surface area contributed by atoms with Crippen molar-refractivity contribution in [3.8, 4) is 0 Å². The predicted molar refractivity (Wildman–Crippen MR) is 55.8 cm³/mol. The minimum absolute atomic E-state index is 0.128. The average Bonchev–Trinajstić information content (AvgIpc) is 2.79. The minimum atomic E-state index is -0.944. The van der Waals surface area contributed by atoms with Gasteiger partial charge in [0.2, 0.25) is 0 Å². The number of esters is 1. The summed E-state index contributed by atoms with van der Waals surface area (Å²) in [7, 11) is 0. The second-order valence-electron chi connectivity index (χ2n) is 3.82. The van der Waals surface area contributed by atoms with E-state index in [0.717, 1.165) is 0 Å². The molecule has 0 amide bonds. The second-order valence-corrected chi connectivity index (χ2v) is 3.82. The Balaban J connectivity index is 2.19. The van der Waals surface area contributed by atoms with Gasteiger partial charge in [-0.25, -0.2) is 9.37 Å². The maximum Gasteiger partial charge on any atom is 0.303 e. The number of rotatable bonds is 3. The van der Waals surface area contributed by atoms with Crippen LogP contribution >= 0.6 is 0 Å². The molecule has 92 valence electrons. The van der Waals surface area contributed by atoms with Crippen molar-refractivity contribution in [2.45, 2.75) is 26.1 Å². The van der Waals surface area contributed by atoms with Crippen LogP contribution in [0.3, 0.4) is 0 Å². The van der Waals surface area contributed by atoms with E-state index in [-0.39, 0.29) is 25.3 Å². The summed E-state index contributed by atoms with van der Waals surface area (Å²) in [5.41, 5.74) is 1.18. The maximum absolute atomic E-state index is 13.2. The number of oxime groups is 1. The molecule has 1 aromatic heterocycles. The van der Waals surface area contributed by atoms with Crippen LogP contribution in [-0.2, 0) is 22.5 Å². The fourth-order valence-corrected chi connectivity index (χ4v) is 1.82. The number of hydrogen-bond acceptors (Lipinski definition) is 5. The molecule has 0 radical (unpaired) electrons. The molecular formula is C10H12FN3O3. The highest BCUT2D eigenvalue weighted by molar-refractivity contribution is 6.01. The van der Waals surface area contributed by atoms with Gasteiger partial charge < -0.3 is 14.5 Å². The van der Waals surface area contributed by atoms with E-state index in [4.69, 9.17) is 9.94 Å². The molecule has 2 heterocycles. The molecule has 1 atom stereocenters. The van der Waals surface area contributed by atoms with Gasteiger partial charge >= 0.3 is 5.97 Å². The summed E-state index contributed by atoms with van der Waals surface area (Å²) in [6.45, 7) is 1.34. The van der Waals surface area contributed by atoms with Gasteiger partial charge in [-0.05, 0) is 0 Å². The van der Waals surface area contributed by atoms with Crippen LogP contribution in [0.5, 0.6) is 0 Å². The largest absolute Gasteiger partial charge is 0.459 e. The molecule has 0 saturated carbocycles. The van der Waals surface area contributed by atoms with Crippen LogP contribution in [0, 0.1) is 0 Å². The van der Waals surface area contributed by atoms with E-state index in [9.17, 15) is 9.18 Å². The van der Waals surface area contributed by atoms with Crippen LogP contribution in [0.1, 0.15) is 18.3 Å². The fraction of sp³-hybridized carbons (Fsp3) is 0.500. The lowest BCUT2D eigenvalue weighted by molar-refractivity contribution is -0.139. The third-order valence-electron chi connectivity index (χ3n) is 2.56. The first-order valence-corrected chi connectivity index (χ1v) is 5.14. The van der Waals surface area contributed by atoms with Gasteiger partial charge in [-0.2, -0.15) is 0 Å². The molecule has 0 bridgehead atoms. The lowest BCUT2D eigenvalue weighted by Crippen LogP contribution is -2.15. The van der Waals surface area contributed by atoms with Gasteiger partial charge in [-0.1, -0.05) is 5.16 Å². The van der Waals surface area contributed by atoms with Crippen molar-refractivity contribution in [2.24, 2.45) is 5.16 Å². The summed E-state index contributed by atoms with van der Waals surface area (Å²) in [6, 6.07) is 0. The number of carbonyl (C=O) groups excluding carboxylic acids is 1. The van der Waals surface area contributed by atoms with Crippen LogP contribution < -0.4 is 0 Å². The third kappa shape index (κ3) is 2.27. The molecule has 1 aromatic rings. The number of aromatic nitrogens is 2. The second kappa shape index (κ2) is 4.52. The summed E-state index contributed by atoms with van der Waals surface area (Å²) in [6.07, 6.45) is 0.776. The summed E-state index contributed by atoms with van der Waals surface area (Å²) in [5, 5.41) is 11.9. The van der Waals surface area contributed by atoms with E-state index >= 15 is 0 Å². The molecule has 0 aromatic carbocycles. The first-order chi connectivity index (χ1) is 8.11. The highest BCUT2D eigenvalue weighted by atomic mass is 19.1. The standard InChI is InChI=1S/C10H12FN3O3/c1-6(15)17-4-8(13-16)10-9-2-7(11)3-14(9)5-12-10/h5,7,16H,2-4H2,1H3/t7-/m1/s1. The van der Waals surface area contributed by atoms with Gasteiger partial charge in [-0.15, -0.1) is 0 Å². The number of alkyl halides is 1. The van der Waals surface area contributed by atoms with Crippen molar-refractivity contribution in [3.05, 3.63) is 17.7 Å². The maximum atomic E-state index is 13.2. The molecule has 17 heavy (non-hydrogen) atoms. The summed E-state index contributed by atoms with van der Waals surface area (Å²) >= 11 is 0. The molecule has 7 heteroatoms. The summed E-state index contributed by atoms with van der Waals surface area (Å²) in [4.78, 5) is 14.7. The van der Waals surface area contributed by atoms with E-state index in [1.165, 1.54) is 13.3 Å². The fourth-order valence-electron chi connectivity index (χ4n) is 1.82.